The third-order valence-electron chi connectivity index (χ3n) is 2.91. The van der Waals surface area contributed by atoms with Gasteiger partial charge in [-0.1, -0.05) is 18.2 Å². The molecule has 6 nitrogen and oxygen atoms in total. The van der Waals surface area contributed by atoms with Gasteiger partial charge in [0.05, 0.1) is 5.69 Å². The number of azo groups is 1. The zero-order valence-electron chi connectivity index (χ0n) is 12.3. The molecule has 5 N–H and O–H groups in total. The van der Waals surface area contributed by atoms with Crippen molar-refractivity contribution in [2.75, 3.05) is 24.6 Å². The van der Waals surface area contributed by atoms with E-state index in [4.69, 9.17) is 11.5 Å². The lowest BCUT2D eigenvalue weighted by molar-refractivity contribution is 0.857. The van der Waals surface area contributed by atoms with Gasteiger partial charge in [-0.15, -0.1) is 17.5 Å². The SMILES string of the molecule is C1CCNC1.Cl.Nc1ccc(N=Nc2ccccc2)c(N)n1. The fourth-order valence-corrected chi connectivity index (χ4v) is 1.80. The number of anilines is 2. The highest BCUT2D eigenvalue weighted by atomic mass is 35.5. The molecule has 0 spiro atoms. The van der Waals surface area contributed by atoms with Gasteiger partial charge in [-0.05, 0) is 50.2 Å². The number of aromatic nitrogens is 1. The Morgan fingerprint density at radius 3 is 2.14 bits per heavy atom. The second-order valence-corrected chi connectivity index (χ2v) is 4.63. The van der Waals surface area contributed by atoms with Gasteiger partial charge in [0.25, 0.3) is 0 Å². The Balaban J connectivity index is 0.000000344. The minimum Gasteiger partial charge on any atom is -0.384 e. The molecule has 1 saturated heterocycles. The van der Waals surface area contributed by atoms with E-state index in [2.05, 4.69) is 20.5 Å². The fourth-order valence-electron chi connectivity index (χ4n) is 1.80. The summed E-state index contributed by atoms with van der Waals surface area (Å²) in [6.45, 7) is 2.50. The van der Waals surface area contributed by atoms with Crippen molar-refractivity contribution in [2.24, 2.45) is 10.2 Å². The van der Waals surface area contributed by atoms with Crippen molar-refractivity contribution < 1.29 is 0 Å². The van der Waals surface area contributed by atoms with Gasteiger partial charge in [0, 0.05) is 0 Å². The molecule has 2 heterocycles. The van der Waals surface area contributed by atoms with E-state index in [-0.39, 0.29) is 18.2 Å². The van der Waals surface area contributed by atoms with Gasteiger partial charge in [0.15, 0.2) is 5.82 Å². The largest absolute Gasteiger partial charge is 0.384 e. The molecule has 0 unspecified atom stereocenters. The first-order valence-electron chi connectivity index (χ1n) is 6.95. The Kier molecular flexibility index (Phi) is 7.88. The summed E-state index contributed by atoms with van der Waals surface area (Å²) in [7, 11) is 0. The minimum absolute atomic E-state index is 0. The molecule has 0 amide bonds. The van der Waals surface area contributed by atoms with Crippen LogP contribution in [0.5, 0.6) is 0 Å². The third kappa shape index (κ3) is 6.07. The van der Waals surface area contributed by atoms with Gasteiger partial charge in [-0.25, -0.2) is 4.98 Å². The van der Waals surface area contributed by atoms with Crippen LogP contribution in [0.4, 0.5) is 23.0 Å². The predicted molar refractivity (Wildman–Crippen MR) is 93.0 cm³/mol. The maximum Gasteiger partial charge on any atom is 0.153 e. The lowest BCUT2D eigenvalue weighted by Crippen LogP contribution is -2.03. The smallest absolute Gasteiger partial charge is 0.153 e. The zero-order chi connectivity index (χ0) is 14.9. The van der Waals surface area contributed by atoms with Crippen molar-refractivity contribution in [3.05, 3.63) is 42.5 Å². The topological polar surface area (TPSA) is 102 Å². The summed E-state index contributed by atoms with van der Waals surface area (Å²) in [5, 5.41) is 11.3. The van der Waals surface area contributed by atoms with E-state index in [1.165, 1.54) is 25.9 Å². The highest BCUT2D eigenvalue weighted by Gasteiger charge is 1.98. The van der Waals surface area contributed by atoms with Gasteiger partial charge >= 0.3 is 0 Å². The molecule has 22 heavy (non-hydrogen) atoms. The Morgan fingerprint density at radius 1 is 0.909 bits per heavy atom. The molecule has 2 aromatic rings. The molecular formula is C15H21ClN6. The standard InChI is InChI=1S/C11H11N5.C4H9N.ClH/c12-10-7-6-9(11(13)14-10)16-15-8-4-2-1-3-5-8;1-2-4-5-3-1;/h1-7H,(H4,12,13,14);5H,1-4H2;1H. The van der Waals surface area contributed by atoms with Crippen LogP contribution in [0.15, 0.2) is 52.7 Å². The molecule has 1 aromatic heterocycles. The lowest BCUT2D eigenvalue weighted by atomic mass is 10.3. The summed E-state index contributed by atoms with van der Waals surface area (Å²) in [4.78, 5) is 3.89. The second-order valence-electron chi connectivity index (χ2n) is 4.63. The van der Waals surface area contributed by atoms with Crippen molar-refractivity contribution in [2.45, 2.75) is 12.8 Å². The first-order valence-corrected chi connectivity index (χ1v) is 6.95. The number of nitrogens with zero attached hydrogens (tertiary/aromatic N) is 3. The number of benzene rings is 1. The van der Waals surface area contributed by atoms with Gasteiger partial charge in [-0.2, -0.15) is 5.11 Å². The van der Waals surface area contributed by atoms with E-state index in [9.17, 15) is 0 Å². The molecule has 1 aliphatic heterocycles. The fraction of sp³-hybridized carbons (Fsp3) is 0.267. The molecule has 0 aliphatic carbocycles. The van der Waals surface area contributed by atoms with Crippen LogP contribution in [-0.4, -0.2) is 18.1 Å². The zero-order valence-corrected chi connectivity index (χ0v) is 13.1. The van der Waals surface area contributed by atoms with Crippen molar-refractivity contribution in [3.63, 3.8) is 0 Å². The first kappa shape index (κ1) is 17.9. The van der Waals surface area contributed by atoms with Gasteiger partial charge in [0.1, 0.15) is 11.5 Å². The van der Waals surface area contributed by atoms with Crippen molar-refractivity contribution >= 4 is 35.4 Å². The number of hydrogen-bond acceptors (Lipinski definition) is 6. The summed E-state index contributed by atoms with van der Waals surface area (Å²) < 4.78 is 0. The Labute approximate surface area is 136 Å². The highest BCUT2D eigenvalue weighted by Crippen LogP contribution is 2.23. The molecule has 7 heteroatoms. The molecule has 0 bridgehead atoms. The average Bonchev–Trinajstić information content (AvgIpc) is 3.07. The monoisotopic (exact) mass is 320 g/mol. The number of nitrogen functional groups attached to an aromatic ring is 2. The maximum absolute atomic E-state index is 5.64. The van der Waals surface area contributed by atoms with Crippen molar-refractivity contribution in [1.82, 2.24) is 10.3 Å². The summed E-state index contributed by atoms with van der Waals surface area (Å²) in [6, 6.07) is 12.7. The summed E-state index contributed by atoms with van der Waals surface area (Å²) >= 11 is 0. The normalized spacial score (nSPS) is 13.3. The van der Waals surface area contributed by atoms with Crippen LogP contribution in [0.1, 0.15) is 12.8 Å². The van der Waals surface area contributed by atoms with E-state index in [1.807, 2.05) is 30.3 Å². The van der Waals surface area contributed by atoms with Crippen molar-refractivity contribution in [3.8, 4) is 0 Å². The van der Waals surface area contributed by atoms with E-state index in [0.29, 0.717) is 11.5 Å². The first-order chi connectivity index (χ1) is 10.3. The van der Waals surface area contributed by atoms with Crippen LogP contribution in [0.2, 0.25) is 0 Å². The number of halogens is 1. The van der Waals surface area contributed by atoms with E-state index in [1.54, 1.807) is 12.1 Å². The van der Waals surface area contributed by atoms with Crippen LogP contribution < -0.4 is 16.8 Å². The van der Waals surface area contributed by atoms with Crippen LogP contribution in [0.25, 0.3) is 0 Å². The third-order valence-corrected chi connectivity index (χ3v) is 2.91. The maximum atomic E-state index is 5.64. The molecule has 1 fully saturated rings. The van der Waals surface area contributed by atoms with Crippen LogP contribution in [0, 0.1) is 0 Å². The second kappa shape index (κ2) is 9.70. The molecule has 1 aromatic carbocycles. The van der Waals surface area contributed by atoms with Crippen molar-refractivity contribution in [1.29, 1.82) is 0 Å². The highest BCUT2D eigenvalue weighted by molar-refractivity contribution is 5.85. The molecule has 3 rings (SSSR count). The molecule has 0 saturated carbocycles. The molecule has 0 radical (unpaired) electrons. The number of nitrogens with two attached hydrogens (primary N) is 2. The molecule has 0 atom stereocenters. The molecule has 118 valence electrons. The number of nitrogens with one attached hydrogen (secondary N) is 1. The van der Waals surface area contributed by atoms with Gasteiger partial charge in [-0.3, -0.25) is 0 Å². The lowest BCUT2D eigenvalue weighted by Gasteiger charge is -1.98. The number of hydrogen-bond donors (Lipinski definition) is 3. The Hall–Kier alpha value is -2.18. The number of pyridine rings is 1. The summed E-state index contributed by atoms with van der Waals surface area (Å²) in [5.74, 6) is 0.649. The van der Waals surface area contributed by atoms with Gasteiger partial charge in [0.2, 0.25) is 0 Å². The summed E-state index contributed by atoms with van der Waals surface area (Å²) in [5.41, 5.74) is 12.4. The predicted octanol–water partition coefficient (Wildman–Crippen LogP) is 3.45. The van der Waals surface area contributed by atoms with E-state index < -0.39 is 0 Å². The minimum atomic E-state index is 0. The van der Waals surface area contributed by atoms with Crippen LogP contribution in [0.3, 0.4) is 0 Å². The van der Waals surface area contributed by atoms with E-state index >= 15 is 0 Å². The summed E-state index contributed by atoms with van der Waals surface area (Å²) in [6.07, 6.45) is 2.78. The van der Waals surface area contributed by atoms with Gasteiger partial charge < -0.3 is 16.8 Å². The van der Waals surface area contributed by atoms with Crippen LogP contribution in [-0.2, 0) is 0 Å². The van der Waals surface area contributed by atoms with Crippen LogP contribution >= 0.6 is 12.4 Å². The quantitative estimate of drug-likeness (QED) is 0.737. The Morgan fingerprint density at radius 2 is 1.59 bits per heavy atom. The Bertz CT molecular complexity index is 576. The van der Waals surface area contributed by atoms with E-state index in [0.717, 1.165) is 5.69 Å². The number of rotatable bonds is 2. The molecule has 1 aliphatic rings. The molecular weight excluding hydrogens is 300 g/mol. The average molecular weight is 321 g/mol.